The summed E-state index contributed by atoms with van der Waals surface area (Å²) < 4.78 is 1.49. The van der Waals surface area contributed by atoms with Crippen LogP contribution in [0.2, 0.25) is 0 Å². The van der Waals surface area contributed by atoms with Crippen molar-refractivity contribution in [2.24, 2.45) is 5.41 Å². The summed E-state index contributed by atoms with van der Waals surface area (Å²) in [4.78, 5) is 54.7. The summed E-state index contributed by atoms with van der Waals surface area (Å²) in [6.45, 7) is 6.61. The van der Waals surface area contributed by atoms with Crippen LogP contribution in [0.5, 0.6) is 0 Å². The number of hydrogen-bond donors (Lipinski definition) is 2. The van der Waals surface area contributed by atoms with Gasteiger partial charge in [-0.15, -0.1) is 0 Å². The SMILES string of the molecule is CN(C)C(=O)/C=C/CCCC(=O)Nc1cccn(Cc2nc3c(CC(C)(C)C)ncnc3[nH]2)c1=O. The fraction of sp³-hybridized carbons (Fsp3) is 0.440. The summed E-state index contributed by atoms with van der Waals surface area (Å²) in [5.41, 5.74) is 2.13. The van der Waals surface area contributed by atoms with Gasteiger partial charge in [0.1, 0.15) is 23.4 Å². The summed E-state index contributed by atoms with van der Waals surface area (Å²) in [6.07, 6.45) is 8.56. The van der Waals surface area contributed by atoms with Crippen molar-refractivity contribution in [2.45, 2.75) is 53.0 Å². The fourth-order valence-electron chi connectivity index (χ4n) is 3.47. The molecule has 3 heterocycles. The van der Waals surface area contributed by atoms with E-state index in [0.717, 1.165) is 12.1 Å². The van der Waals surface area contributed by atoms with E-state index in [2.05, 4.69) is 46.0 Å². The molecule has 10 heteroatoms. The summed E-state index contributed by atoms with van der Waals surface area (Å²) in [5, 5.41) is 2.69. The molecule has 0 aliphatic carbocycles. The van der Waals surface area contributed by atoms with Crippen LogP contribution in [0.3, 0.4) is 0 Å². The van der Waals surface area contributed by atoms with Gasteiger partial charge >= 0.3 is 0 Å². The lowest BCUT2D eigenvalue weighted by atomic mass is 9.90. The number of unbranched alkanes of at least 4 members (excludes halogenated alkanes) is 1. The average molecular weight is 480 g/mol. The Morgan fingerprint density at radius 1 is 1.23 bits per heavy atom. The maximum atomic E-state index is 12.9. The molecule has 0 aromatic carbocycles. The number of allylic oxidation sites excluding steroid dienone is 1. The molecule has 0 saturated heterocycles. The van der Waals surface area contributed by atoms with Crippen LogP contribution in [0, 0.1) is 5.41 Å². The van der Waals surface area contributed by atoms with Crippen molar-refractivity contribution in [1.82, 2.24) is 29.4 Å². The molecule has 3 aromatic heterocycles. The van der Waals surface area contributed by atoms with E-state index in [1.54, 1.807) is 38.5 Å². The monoisotopic (exact) mass is 479 g/mol. The van der Waals surface area contributed by atoms with Crippen molar-refractivity contribution in [1.29, 1.82) is 0 Å². The number of pyridine rings is 1. The van der Waals surface area contributed by atoms with Crippen LogP contribution in [-0.2, 0) is 22.6 Å². The van der Waals surface area contributed by atoms with E-state index >= 15 is 0 Å². The van der Waals surface area contributed by atoms with E-state index in [4.69, 9.17) is 0 Å². The van der Waals surface area contributed by atoms with Gasteiger partial charge in [-0.05, 0) is 42.9 Å². The summed E-state index contributed by atoms with van der Waals surface area (Å²) in [5.74, 6) is 0.236. The summed E-state index contributed by atoms with van der Waals surface area (Å²) in [6, 6.07) is 3.29. The number of amides is 2. The van der Waals surface area contributed by atoms with Gasteiger partial charge in [0.15, 0.2) is 5.65 Å². The number of imidazole rings is 1. The molecule has 10 nitrogen and oxygen atoms in total. The molecule has 0 atom stereocenters. The molecule has 0 spiro atoms. The van der Waals surface area contributed by atoms with Crippen LogP contribution in [0.1, 0.15) is 51.6 Å². The minimum absolute atomic E-state index is 0.0454. The molecule has 186 valence electrons. The van der Waals surface area contributed by atoms with Crippen molar-refractivity contribution in [3.8, 4) is 0 Å². The predicted octanol–water partition coefficient (Wildman–Crippen LogP) is 2.90. The van der Waals surface area contributed by atoms with Crippen molar-refractivity contribution in [3.05, 3.63) is 58.7 Å². The van der Waals surface area contributed by atoms with Gasteiger partial charge in [0.25, 0.3) is 5.56 Å². The molecule has 0 saturated carbocycles. The van der Waals surface area contributed by atoms with Crippen LogP contribution in [-0.4, -0.2) is 55.3 Å². The third-order valence-corrected chi connectivity index (χ3v) is 5.20. The Balaban J connectivity index is 1.65. The van der Waals surface area contributed by atoms with Crippen molar-refractivity contribution < 1.29 is 9.59 Å². The third-order valence-electron chi connectivity index (χ3n) is 5.20. The molecule has 0 aliphatic rings. The van der Waals surface area contributed by atoms with Gasteiger partial charge in [-0.1, -0.05) is 26.8 Å². The molecular formula is C25H33N7O3. The lowest BCUT2D eigenvalue weighted by Crippen LogP contribution is -2.26. The number of carbonyl (C=O) groups is 2. The van der Waals surface area contributed by atoms with Crippen LogP contribution in [0.4, 0.5) is 5.69 Å². The highest BCUT2D eigenvalue weighted by atomic mass is 16.2. The van der Waals surface area contributed by atoms with E-state index in [1.807, 2.05) is 0 Å². The summed E-state index contributed by atoms with van der Waals surface area (Å²) >= 11 is 0. The molecule has 0 aliphatic heterocycles. The summed E-state index contributed by atoms with van der Waals surface area (Å²) in [7, 11) is 3.36. The van der Waals surface area contributed by atoms with Crippen LogP contribution >= 0.6 is 0 Å². The smallest absolute Gasteiger partial charge is 0.274 e. The van der Waals surface area contributed by atoms with Gasteiger partial charge in [-0.25, -0.2) is 15.0 Å². The number of likely N-dealkylation sites (N-methyl/N-ethyl adjacent to an activating group) is 1. The van der Waals surface area contributed by atoms with Gasteiger partial charge < -0.3 is 19.8 Å². The first kappa shape index (κ1) is 25.8. The van der Waals surface area contributed by atoms with Gasteiger partial charge in [0.2, 0.25) is 11.8 Å². The molecule has 3 aromatic rings. The zero-order chi connectivity index (χ0) is 25.6. The van der Waals surface area contributed by atoms with E-state index < -0.39 is 0 Å². The molecule has 0 bridgehead atoms. The first-order valence-electron chi connectivity index (χ1n) is 11.6. The number of fused-ring (bicyclic) bond motifs is 1. The minimum Gasteiger partial charge on any atom is -0.345 e. The number of nitrogens with one attached hydrogen (secondary N) is 2. The highest BCUT2D eigenvalue weighted by molar-refractivity contribution is 5.90. The first-order valence-corrected chi connectivity index (χ1v) is 11.6. The predicted molar refractivity (Wildman–Crippen MR) is 135 cm³/mol. The Morgan fingerprint density at radius 2 is 2.00 bits per heavy atom. The topological polar surface area (TPSA) is 126 Å². The Bertz CT molecular complexity index is 1280. The van der Waals surface area contributed by atoms with Crippen LogP contribution < -0.4 is 10.9 Å². The zero-order valence-electron chi connectivity index (χ0n) is 21.0. The molecule has 0 fully saturated rings. The molecule has 2 amide bonds. The maximum Gasteiger partial charge on any atom is 0.274 e. The van der Waals surface area contributed by atoms with Crippen LogP contribution in [0.15, 0.2) is 41.6 Å². The van der Waals surface area contributed by atoms with Gasteiger partial charge in [0, 0.05) is 26.7 Å². The minimum atomic E-state index is -0.321. The average Bonchev–Trinajstić information content (AvgIpc) is 3.19. The fourth-order valence-corrected chi connectivity index (χ4v) is 3.47. The number of hydrogen-bond acceptors (Lipinski definition) is 6. The van der Waals surface area contributed by atoms with Gasteiger partial charge in [-0.2, -0.15) is 0 Å². The van der Waals surface area contributed by atoms with Crippen LogP contribution in [0.25, 0.3) is 11.2 Å². The Kier molecular flexibility index (Phi) is 8.16. The second-order valence-electron chi connectivity index (χ2n) is 9.87. The molecule has 0 unspecified atom stereocenters. The largest absolute Gasteiger partial charge is 0.345 e. The van der Waals surface area contributed by atoms with E-state index in [1.165, 1.54) is 21.9 Å². The lowest BCUT2D eigenvalue weighted by molar-refractivity contribution is -0.123. The van der Waals surface area contributed by atoms with Gasteiger partial charge in [0.05, 0.1) is 12.2 Å². The molecule has 3 rings (SSSR count). The number of rotatable bonds is 9. The quantitative estimate of drug-likeness (QED) is 0.359. The highest BCUT2D eigenvalue weighted by Crippen LogP contribution is 2.23. The van der Waals surface area contributed by atoms with E-state index in [-0.39, 0.29) is 41.4 Å². The molecule has 0 radical (unpaired) electrons. The Labute approximate surface area is 204 Å². The van der Waals surface area contributed by atoms with Crippen molar-refractivity contribution in [2.75, 3.05) is 19.4 Å². The number of aromatic amines is 1. The highest BCUT2D eigenvalue weighted by Gasteiger charge is 2.18. The molecular weight excluding hydrogens is 446 g/mol. The van der Waals surface area contributed by atoms with E-state index in [0.29, 0.717) is 29.8 Å². The zero-order valence-corrected chi connectivity index (χ0v) is 21.0. The third kappa shape index (κ3) is 7.33. The maximum absolute atomic E-state index is 12.9. The standard InChI is InChI=1S/C25H33N7O3/c1-25(2,3)14-18-22-23(27-16-26-18)30-19(29-22)15-32-13-9-10-17(24(32)35)28-20(33)11-7-6-8-12-21(34)31(4)5/h8-10,12-13,16H,6-7,11,14-15H2,1-5H3,(H,28,33)(H,26,27,29,30)/b12-8+. The second-order valence-corrected chi connectivity index (χ2v) is 9.87. The number of carbonyl (C=O) groups excluding carboxylic acids is 2. The van der Waals surface area contributed by atoms with Crippen molar-refractivity contribution in [3.63, 3.8) is 0 Å². The molecule has 2 N–H and O–H groups in total. The van der Waals surface area contributed by atoms with Gasteiger partial charge in [-0.3, -0.25) is 14.4 Å². The number of aromatic nitrogens is 5. The van der Waals surface area contributed by atoms with E-state index in [9.17, 15) is 14.4 Å². The normalized spacial score (nSPS) is 11.8. The number of nitrogens with zero attached hydrogens (tertiary/aromatic N) is 5. The second kappa shape index (κ2) is 11.1. The Morgan fingerprint density at radius 3 is 2.71 bits per heavy atom. The van der Waals surface area contributed by atoms with Crippen molar-refractivity contribution >= 4 is 28.7 Å². The lowest BCUT2D eigenvalue weighted by Gasteiger charge is -2.16. The number of anilines is 1. The molecule has 35 heavy (non-hydrogen) atoms. The number of H-pyrrole nitrogens is 1. The Hall–Kier alpha value is -3.82. The first-order chi connectivity index (χ1) is 16.5.